The van der Waals surface area contributed by atoms with Crippen LogP contribution in [-0.4, -0.2) is 70.1 Å². The van der Waals surface area contributed by atoms with E-state index in [1.165, 1.54) is 4.90 Å². The molecule has 1 aliphatic rings. The Kier molecular flexibility index (Phi) is 5.54. The summed E-state index contributed by atoms with van der Waals surface area (Å²) in [6, 6.07) is -0.558. The molecule has 3 atom stereocenters. The van der Waals surface area contributed by atoms with Crippen molar-refractivity contribution in [2.24, 2.45) is 0 Å². The third-order valence-corrected chi connectivity index (χ3v) is 3.45. The van der Waals surface area contributed by atoms with Gasteiger partial charge in [-0.15, -0.1) is 0 Å². The standard InChI is InChI=1S/C10H18N2O5S/c1-7(6-18(2)16)11-10(15)12-3-4-17-8(5-12)9(13)14/h7-8H,3-6H2,1-2H3,(H,11,15)(H,13,14). The lowest BCUT2D eigenvalue weighted by molar-refractivity contribution is -0.154. The van der Waals surface area contributed by atoms with Gasteiger partial charge in [-0.2, -0.15) is 0 Å². The van der Waals surface area contributed by atoms with Gasteiger partial charge < -0.3 is 20.1 Å². The van der Waals surface area contributed by atoms with Crippen molar-refractivity contribution in [3.63, 3.8) is 0 Å². The van der Waals surface area contributed by atoms with Crippen LogP contribution in [0.15, 0.2) is 0 Å². The fourth-order valence-electron chi connectivity index (χ4n) is 1.68. The third-order valence-electron chi connectivity index (χ3n) is 2.48. The predicted octanol–water partition coefficient (Wildman–Crippen LogP) is -0.752. The molecule has 0 aromatic rings. The smallest absolute Gasteiger partial charge is 0.334 e. The molecule has 18 heavy (non-hydrogen) atoms. The van der Waals surface area contributed by atoms with Crippen molar-refractivity contribution in [3.8, 4) is 0 Å². The van der Waals surface area contributed by atoms with Crippen molar-refractivity contribution in [2.45, 2.75) is 19.1 Å². The van der Waals surface area contributed by atoms with E-state index in [0.29, 0.717) is 12.3 Å². The number of nitrogens with one attached hydrogen (secondary N) is 1. The maximum absolute atomic E-state index is 11.8. The Hall–Kier alpha value is -1.15. The molecule has 1 heterocycles. The maximum Gasteiger partial charge on any atom is 0.334 e. The number of carbonyl (C=O) groups excluding carboxylic acids is 1. The first-order valence-electron chi connectivity index (χ1n) is 5.60. The first-order chi connectivity index (χ1) is 8.40. The second kappa shape index (κ2) is 6.69. The molecule has 2 N–H and O–H groups in total. The van der Waals surface area contributed by atoms with Crippen molar-refractivity contribution in [2.75, 3.05) is 31.7 Å². The highest BCUT2D eigenvalue weighted by molar-refractivity contribution is 7.84. The predicted molar refractivity (Wildman–Crippen MR) is 65.9 cm³/mol. The van der Waals surface area contributed by atoms with E-state index < -0.39 is 22.9 Å². The number of urea groups is 1. The number of hydrogen-bond acceptors (Lipinski definition) is 4. The van der Waals surface area contributed by atoms with Gasteiger partial charge in [0.2, 0.25) is 0 Å². The number of carboxylic acid groups (broad SMARTS) is 1. The minimum atomic E-state index is -1.07. The highest BCUT2D eigenvalue weighted by Crippen LogP contribution is 2.06. The summed E-state index contributed by atoms with van der Waals surface area (Å²) in [4.78, 5) is 24.0. The van der Waals surface area contributed by atoms with Crippen LogP contribution in [0, 0.1) is 0 Å². The summed E-state index contributed by atoms with van der Waals surface area (Å²) < 4.78 is 16.0. The summed E-state index contributed by atoms with van der Waals surface area (Å²) >= 11 is 0. The van der Waals surface area contributed by atoms with Gasteiger partial charge in [0.15, 0.2) is 6.10 Å². The molecular weight excluding hydrogens is 260 g/mol. The first-order valence-corrected chi connectivity index (χ1v) is 7.32. The number of rotatable bonds is 4. The lowest BCUT2D eigenvalue weighted by atomic mass is 10.3. The van der Waals surface area contributed by atoms with Crippen LogP contribution >= 0.6 is 0 Å². The van der Waals surface area contributed by atoms with Crippen LogP contribution in [0.4, 0.5) is 4.79 Å². The Morgan fingerprint density at radius 3 is 2.83 bits per heavy atom. The van der Waals surface area contributed by atoms with Gasteiger partial charge in [-0.05, 0) is 6.92 Å². The molecule has 0 radical (unpaired) electrons. The van der Waals surface area contributed by atoms with Gasteiger partial charge in [-0.3, -0.25) is 4.21 Å². The van der Waals surface area contributed by atoms with Crippen LogP contribution in [0.1, 0.15) is 6.92 Å². The zero-order valence-electron chi connectivity index (χ0n) is 10.4. The zero-order valence-corrected chi connectivity index (χ0v) is 11.2. The largest absolute Gasteiger partial charge is 0.479 e. The Balaban J connectivity index is 2.46. The van der Waals surface area contributed by atoms with Crippen LogP contribution in [0.5, 0.6) is 0 Å². The molecule has 0 aromatic carbocycles. The van der Waals surface area contributed by atoms with Crippen molar-refractivity contribution in [1.29, 1.82) is 0 Å². The lowest BCUT2D eigenvalue weighted by Crippen LogP contribution is -2.53. The van der Waals surface area contributed by atoms with Crippen LogP contribution in [0.3, 0.4) is 0 Å². The Morgan fingerprint density at radius 1 is 1.61 bits per heavy atom. The number of carbonyl (C=O) groups is 2. The fraction of sp³-hybridized carbons (Fsp3) is 0.800. The average molecular weight is 278 g/mol. The molecule has 1 rings (SSSR count). The monoisotopic (exact) mass is 278 g/mol. The molecular formula is C10H18N2O5S. The van der Waals surface area contributed by atoms with Gasteiger partial charge in [0.25, 0.3) is 0 Å². The van der Waals surface area contributed by atoms with Crippen molar-refractivity contribution >= 4 is 22.8 Å². The van der Waals surface area contributed by atoms with E-state index in [4.69, 9.17) is 9.84 Å². The molecule has 1 fully saturated rings. The first kappa shape index (κ1) is 14.9. The normalized spacial score (nSPS) is 23.2. The summed E-state index contributed by atoms with van der Waals surface area (Å²) in [6.45, 7) is 2.35. The number of ether oxygens (including phenoxy) is 1. The number of amides is 2. The fourth-order valence-corrected chi connectivity index (χ4v) is 2.47. The molecule has 1 aliphatic heterocycles. The summed E-state index contributed by atoms with van der Waals surface area (Å²) in [5.74, 6) is -0.700. The zero-order chi connectivity index (χ0) is 13.7. The molecule has 0 saturated carbocycles. The molecule has 3 unspecified atom stereocenters. The van der Waals surface area contributed by atoms with E-state index in [1.54, 1.807) is 13.2 Å². The van der Waals surface area contributed by atoms with Gasteiger partial charge in [0.1, 0.15) is 0 Å². The molecule has 0 bridgehead atoms. The third kappa shape index (κ3) is 4.61. The van der Waals surface area contributed by atoms with E-state index in [0.717, 1.165) is 0 Å². The molecule has 104 valence electrons. The summed E-state index contributed by atoms with van der Waals surface area (Å²) in [5, 5.41) is 11.5. The van der Waals surface area contributed by atoms with Gasteiger partial charge >= 0.3 is 12.0 Å². The molecule has 1 saturated heterocycles. The van der Waals surface area contributed by atoms with E-state index in [1.807, 2.05) is 0 Å². The number of carboxylic acids is 1. The quantitative estimate of drug-likeness (QED) is 0.705. The Morgan fingerprint density at radius 2 is 2.28 bits per heavy atom. The second-order valence-electron chi connectivity index (χ2n) is 4.23. The minimum absolute atomic E-state index is 0.0309. The van der Waals surface area contributed by atoms with Crippen LogP contribution < -0.4 is 5.32 Å². The van der Waals surface area contributed by atoms with Crippen LogP contribution in [0.25, 0.3) is 0 Å². The minimum Gasteiger partial charge on any atom is -0.479 e. The van der Waals surface area contributed by atoms with E-state index >= 15 is 0 Å². The van der Waals surface area contributed by atoms with Gasteiger partial charge in [0.05, 0.1) is 13.2 Å². The Labute approximate surface area is 108 Å². The van der Waals surface area contributed by atoms with E-state index in [-0.39, 0.29) is 25.2 Å². The van der Waals surface area contributed by atoms with Gasteiger partial charge in [-0.1, -0.05) is 0 Å². The average Bonchev–Trinajstić information content (AvgIpc) is 2.27. The van der Waals surface area contributed by atoms with Gasteiger partial charge in [0, 0.05) is 35.4 Å². The molecule has 8 heteroatoms. The number of nitrogens with zero attached hydrogens (tertiary/aromatic N) is 1. The topological polar surface area (TPSA) is 95.9 Å². The highest BCUT2D eigenvalue weighted by Gasteiger charge is 2.29. The molecule has 7 nitrogen and oxygen atoms in total. The summed E-state index contributed by atoms with van der Waals surface area (Å²) in [5.41, 5.74) is 0. The lowest BCUT2D eigenvalue weighted by Gasteiger charge is -2.31. The number of hydrogen-bond donors (Lipinski definition) is 2. The van der Waals surface area contributed by atoms with Crippen molar-refractivity contribution in [3.05, 3.63) is 0 Å². The molecule has 0 spiro atoms. The number of morpholine rings is 1. The second-order valence-corrected chi connectivity index (χ2v) is 5.71. The summed E-state index contributed by atoms with van der Waals surface area (Å²) in [6.07, 6.45) is 0.595. The summed E-state index contributed by atoms with van der Waals surface area (Å²) in [7, 11) is -0.983. The van der Waals surface area contributed by atoms with E-state index in [2.05, 4.69) is 5.32 Å². The SMILES string of the molecule is CC(CS(C)=O)NC(=O)N1CCOC(C(=O)O)C1. The molecule has 0 aromatic heterocycles. The maximum atomic E-state index is 11.8. The van der Waals surface area contributed by atoms with Crippen LogP contribution in [-0.2, 0) is 20.3 Å². The van der Waals surface area contributed by atoms with Crippen molar-refractivity contribution in [1.82, 2.24) is 10.2 Å². The molecule has 0 aliphatic carbocycles. The van der Waals surface area contributed by atoms with E-state index in [9.17, 15) is 13.8 Å². The van der Waals surface area contributed by atoms with Gasteiger partial charge in [-0.25, -0.2) is 9.59 Å². The Bertz CT molecular complexity index is 349. The molecule has 2 amide bonds. The van der Waals surface area contributed by atoms with Crippen molar-refractivity contribution < 1.29 is 23.6 Å². The van der Waals surface area contributed by atoms with Crippen LogP contribution in [0.2, 0.25) is 0 Å². The highest BCUT2D eigenvalue weighted by atomic mass is 32.2. The number of aliphatic carboxylic acids is 1.